The number of hydrogen-bond acceptors (Lipinski definition) is 2. The quantitative estimate of drug-likeness (QED) is 0.653. The third-order valence-electron chi connectivity index (χ3n) is 3.28. The molecule has 3 nitrogen and oxygen atoms in total. The lowest BCUT2D eigenvalue weighted by Gasteiger charge is -2.13. The highest BCUT2D eigenvalue weighted by molar-refractivity contribution is 7.71. The molecule has 1 aromatic carbocycles. The number of halogens is 2. The van der Waals surface area contributed by atoms with Crippen LogP contribution in [0, 0.1) is 4.77 Å². The highest BCUT2D eigenvalue weighted by atomic mass is 35.5. The van der Waals surface area contributed by atoms with Gasteiger partial charge in [-0.25, -0.2) is 0 Å². The van der Waals surface area contributed by atoms with Crippen LogP contribution in [0.25, 0.3) is 11.0 Å². The largest absolute Gasteiger partial charge is 0.469 e. The van der Waals surface area contributed by atoms with Gasteiger partial charge in [0, 0.05) is 12.5 Å². The van der Waals surface area contributed by atoms with E-state index in [-0.39, 0.29) is 6.04 Å². The second-order valence-corrected chi connectivity index (χ2v) is 5.92. The predicted octanol–water partition coefficient (Wildman–Crippen LogP) is 5.40. The standard InChI is InChI=1S/C14H12Cl2N2OS/c1-8(5-9-3-2-4-19-9)18-13-7-11(16)10(15)6-12(13)17-14(18)20/h2-4,6-8H,5H2,1H3,(H,17,20). The van der Waals surface area contributed by atoms with Crippen LogP contribution in [0.15, 0.2) is 34.9 Å². The maximum atomic E-state index is 6.10. The Morgan fingerprint density at radius 1 is 1.35 bits per heavy atom. The average Bonchev–Trinajstić information content (AvgIpc) is 2.97. The number of hydrogen-bond donors (Lipinski definition) is 1. The van der Waals surface area contributed by atoms with Crippen LogP contribution >= 0.6 is 35.4 Å². The molecule has 3 rings (SSSR count). The summed E-state index contributed by atoms with van der Waals surface area (Å²) in [5.74, 6) is 0.925. The van der Waals surface area contributed by atoms with Crippen molar-refractivity contribution < 1.29 is 4.42 Å². The molecule has 2 aromatic heterocycles. The number of furan rings is 1. The Bertz CT molecular complexity index is 805. The van der Waals surface area contributed by atoms with Gasteiger partial charge in [0.1, 0.15) is 5.76 Å². The fourth-order valence-corrected chi connectivity index (χ4v) is 3.08. The predicted molar refractivity (Wildman–Crippen MR) is 84.3 cm³/mol. The third kappa shape index (κ3) is 2.39. The molecule has 1 N–H and O–H groups in total. The molecule has 0 aliphatic carbocycles. The first-order valence-corrected chi connectivity index (χ1v) is 7.34. The summed E-state index contributed by atoms with van der Waals surface area (Å²) in [5, 5.41) is 1.04. The number of fused-ring (bicyclic) bond motifs is 1. The van der Waals surface area contributed by atoms with Crippen molar-refractivity contribution in [3.05, 3.63) is 51.1 Å². The van der Waals surface area contributed by atoms with E-state index >= 15 is 0 Å². The van der Waals surface area contributed by atoms with E-state index < -0.39 is 0 Å². The maximum Gasteiger partial charge on any atom is 0.178 e. The molecular formula is C14H12Cl2N2OS. The Morgan fingerprint density at radius 3 is 2.80 bits per heavy atom. The number of aromatic amines is 1. The van der Waals surface area contributed by atoms with Gasteiger partial charge in [0.15, 0.2) is 4.77 Å². The number of nitrogens with zero attached hydrogens (tertiary/aromatic N) is 1. The zero-order chi connectivity index (χ0) is 14.3. The Balaban J connectivity index is 2.08. The molecule has 6 heteroatoms. The summed E-state index contributed by atoms with van der Waals surface area (Å²) in [4.78, 5) is 3.16. The second-order valence-electron chi connectivity index (χ2n) is 4.72. The summed E-state index contributed by atoms with van der Waals surface area (Å²) < 4.78 is 8.08. The topological polar surface area (TPSA) is 33.9 Å². The first kappa shape index (κ1) is 13.7. The molecule has 0 saturated heterocycles. The number of imidazole rings is 1. The number of rotatable bonds is 3. The van der Waals surface area contributed by atoms with Crippen molar-refractivity contribution in [1.82, 2.24) is 9.55 Å². The Kier molecular flexibility index (Phi) is 3.63. The molecule has 0 saturated carbocycles. The first-order chi connectivity index (χ1) is 9.56. The van der Waals surface area contributed by atoms with E-state index in [1.165, 1.54) is 0 Å². The first-order valence-electron chi connectivity index (χ1n) is 6.18. The summed E-state index contributed by atoms with van der Waals surface area (Å²) in [6.07, 6.45) is 2.43. The highest BCUT2D eigenvalue weighted by Crippen LogP contribution is 2.30. The number of nitrogens with one attached hydrogen (secondary N) is 1. The van der Waals surface area contributed by atoms with E-state index in [4.69, 9.17) is 39.8 Å². The van der Waals surface area contributed by atoms with Crippen LogP contribution < -0.4 is 0 Å². The van der Waals surface area contributed by atoms with Gasteiger partial charge in [-0.15, -0.1) is 0 Å². The molecule has 0 bridgehead atoms. The van der Waals surface area contributed by atoms with Gasteiger partial charge in [-0.1, -0.05) is 23.2 Å². The van der Waals surface area contributed by atoms with Crippen molar-refractivity contribution in [2.24, 2.45) is 0 Å². The summed E-state index contributed by atoms with van der Waals surface area (Å²) in [6.45, 7) is 2.09. The fraction of sp³-hybridized carbons (Fsp3) is 0.214. The van der Waals surface area contributed by atoms with Crippen molar-refractivity contribution >= 4 is 46.5 Å². The Hall–Kier alpha value is -1.23. The maximum absolute atomic E-state index is 6.10. The highest BCUT2D eigenvalue weighted by Gasteiger charge is 2.14. The summed E-state index contributed by atoms with van der Waals surface area (Å²) in [6, 6.07) is 7.63. The molecule has 1 unspecified atom stereocenters. The van der Waals surface area contributed by atoms with Crippen molar-refractivity contribution in [3.8, 4) is 0 Å². The minimum Gasteiger partial charge on any atom is -0.469 e. The average molecular weight is 327 g/mol. The van der Waals surface area contributed by atoms with Gasteiger partial charge < -0.3 is 14.0 Å². The van der Waals surface area contributed by atoms with Crippen molar-refractivity contribution in [1.29, 1.82) is 0 Å². The molecule has 0 radical (unpaired) electrons. The summed E-state index contributed by atoms with van der Waals surface area (Å²) in [7, 11) is 0. The van der Waals surface area contributed by atoms with E-state index in [9.17, 15) is 0 Å². The van der Waals surface area contributed by atoms with Crippen LogP contribution in [0.4, 0.5) is 0 Å². The normalized spacial score (nSPS) is 12.9. The second kappa shape index (κ2) is 5.28. The molecule has 0 fully saturated rings. The van der Waals surface area contributed by atoms with E-state index in [2.05, 4.69) is 11.9 Å². The molecule has 0 spiro atoms. The minimum absolute atomic E-state index is 0.152. The monoisotopic (exact) mass is 326 g/mol. The van der Waals surface area contributed by atoms with Gasteiger partial charge >= 0.3 is 0 Å². The zero-order valence-electron chi connectivity index (χ0n) is 10.7. The van der Waals surface area contributed by atoms with Crippen molar-refractivity contribution in [3.63, 3.8) is 0 Å². The molecule has 0 aliphatic heterocycles. The van der Waals surface area contributed by atoms with Crippen LogP contribution in [0.3, 0.4) is 0 Å². The molecule has 2 heterocycles. The molecule has 3 aromatic rings. The van der Waals surface area contributed by atoms with Crippen LogP contribution in [-0.2, 0) is 6.42 Å². The molecule has 20 heavy (non-hydrogen) atoms. The molecule has 0 amide bonds. The third-order valence-corrected chi connectivity index (χ3v) is 4.30. The summed E-state index contributed by atoms with van der Waals surface area (Å²) in [5.41, 5.74) is 1.83. The van der Waals surface area contributed by atoms with Crippen molar-refractivity contribution in [2.45, 2.75) is 19.4 Å². The molecule has 1 atom stereocenters. The lowest BCUT2D eigenvalue weighted by atomic mass is 10.2. The van der Waals surface area contributed by atoms with Gasteiger partial charge in [0.05, 0.1) is 27.3 Å². The Labute approximate surface area is 131 Å². The lowest BCUT2D eigenvalue weighted by molar-refractivity contribution is 0.452. The Morgan fingerprint density at radius 2 is 2.10 bits per heavy atom. The SMILES string of the molecule is CC(Cc1ccco1)n1c(=S)[nH]c2cc(Cl)c(Cl)cc21. The van der Waals surface area contributed by atoms with Crippen LogP contribution in [0.1, 0.15) is 18.7 Å². The van der Waals surface area contributed by atoms with E-state index in [0.717, 1.165) is 23.2 Å². The molecule has 0 aliphatic rings. The minimum atomic E-state index is 0.152. The zero-order valence-corrected chi connectivity index (χ0v) is 13.0. The van der Waals surface area contributed by atoms with Crippen LogP contribution in [-0.4, -0.2) is 9.55 Å². The lowest BCUT2D eigenvalue weighted by Crippen LogP contribution is -2.07. The smallest absolute Gasteiger partial charge is 0.178 e. The summed E-state index contributed by atoms with van der Waals surface area (Å²) >= 11 is 17.5. The van der Waals surface area contributed by atoms with E-state index in [1.807, 2.05) is 22.8 Å². The molecular weight excluding hydrogens is 315 g/mol. The van der Waals surface area contributed by atoms with Gasteiger partial charge in [-0.05, 0) is 43.4 Å². The fourth-order valence-electron chi connectivity index (χ4n) is 2.37. The van der Waals surface area contributed by atoms with Crippen LogP contribution in [0.5, 0.6) is 0 Å². The van der Waals surface area contributed by atoms with E-state index in [1.54, 1.807) is 12.3 Å². The van der Waals surface area contributed by atoms with Gasteiger partial charge in [0.2, 0.25) is 0 Å². The number of benzene rings is 1. The van der Waals surface area contributed by atoms with Crippen molar-refractivity contribution in [2.75, 3.05) is 0 Å². The van der Waals surface area contributed by atoms with Gasteiger partial charge in [0.25, 0.3) is 0 Å². The van der Waals surface area contributed by atoms with Gasteiger partial charge in [-0.3, -0.25) is 0 Å². The molecule has 104 valence electrons. The number of aromatic nitrogens is 2. The van der Waals surface area contributed by atoms with Gasteiger partial charge in [-0.2, -0.15) is 0 Å². The number of H-pyrrole nitrogens is 1. The van der Waals surface area contributed by atoms with Crippen LogP contribution in [0.2, 0.25) is 10.0 Å². The van der Waals surface area contributed by atoms with E-state index in [0.29, 0.717) is 14.8 Å².